The average molecular weight is 318 g/mol. The van der Waals surface area contributed by atoms with Crippen molar-refractivity contribution in [1.82, 2.24) is 15.8 Å². The molecule has 120 valence electrons. The van der Waals surface area contributed by atoms with Crippen molar-refractivity contribution < 1.29 is 0 Å². The summed E-state index contributed by atoms with van der Waals surface area (Å²) in [7, 11) is 0. The average Bonchev–Trinajstić information content (AvgIpc) is 3.21. The molecule has 0 spiro atoms. The molecule has 0 aromatic heterocycles. The lowest BCUT2D eigenvalue weighted by molar-refractivity contribution is 0.195. The minimum Gasteiger partial charge on any atom is -0.282 e. The van der Waals surface area contributed by atoms with Gasteiger partial charge in [-0.2, -0.15) is 11.8 Å². The van der Waals surface area contributed by atoms with E-state index in [-0.39, 0.29) is 0 Å². The van der Waals surface area contributed by atoms with Crippen LogP contribution in [0.5, 0.6) is 0 Å². The van der Waals surface area contributed by atoms with Crippen LogP contribution in [0.4, 0.5) is 0 Å². The van der Waals surface area contributed by atoms with Crippen LogP contribution >= 0.6 is 11.8 Å². The zero-order chi connectivity index (χ0) is 15.2. The van der Waals surface area contributed by atoms with Gasteiger partial charge in [0.25, 0.3) is 0 Å². The summed E-state index contributed by atoms with van der Waals surface area (Å²) in [6, 6.07) is 8.74. The summed E-state index contributed by atoms with van der Waals surface area (Å²) in [5, 5.41) is 0.815. The van der Waals surface area contributed by atoms with Crippen LogP contribution < -0.4 is 10.9 Å². The molecule has 0 aliphatic carbocycles. The summed E-state index contributed by atoms with van der Waals surface area (Å²) in [5.74, 6) is 1.34. The van der Waals surface area contributed by atoms with Crippen LogP contribution in [0.3, 0.4) is 0 Å². The number of rotatable bonds is 6. The van der Waals surface area contributed by atoms with Gasteiger partial charge in [0.2, 0.25) is 0 Å². The van der Waals surface area contributed by atoms with Crippen LogP contribution in [-0.4, -0.2) is 41.7 Å². The fraction of sp³-hybridized carbons (Fsp3) is 0.556. The lowest BCUT2D eigenvalue weighted by Gasteiger charge is -2.29. The maximum absolute atomic E-state index is 3.42. The molecule has 3 rings (SSSR count). The van der Waals surface area contributed by atoms with E-state index in [1.54, 1.807) is 0 Å². The molecular formula is C18H27N3S. The fourth-order valence-electron chi connectivity index (χ4n) is 3.13. The highest BCUT2D eigenvalue weighted by Crippen LogP contribution is 2.27. The predicted octanol–water partition coefficient (Wildman–Crippen LogP) is 3.03. The molecule has 3 nitrogen and oxygen atoms in total. The lowest BCUT2D eigenvalue weighted by Crippen LogP contribution is -2.46. The number of hydrazine groups is 1. The minimum atomic E-state index is 0.476. The third-order valence-electron chi connectivity index (χ3n) is 4.44. The molecular weight excluding hydrogens is 290 g/mol. The Hall–Kier alpha value is -0.810. The standard InChI is InChI=1S/C18H27N3S/c1-15-6-8-16(9-7-15)4-2-12-21(18-10-11-19-20-18)14-17-5-3-13-22-17/h2,4,6-9,17-20H,3,5,10-14H2,1H3. The van der Waals surface area contributed by atoms with Crippen molar-refractivity contribution in [2.75, 3.05) is 25.4 Å². The van der Waals surface area contributed by atoms with E-state index in [1.807, 2.05) is 0 Å². The second-order valence-corrected chi connectivity index (χ2v) is 7.69. The highest BCUT2D eigenvalue weighted by atomic mass is 32.2. The quantitative estimate of drug-likeness (QED) is 0.843. The van der Waals surface area contributed by atoms with Crippen molar-refractivity contribution in [1.29, 1.82) is 0 Å². The van der Waals surface area contributed by atoms with Gasteiger partial charge >= 0.3 is 0 Å². The molecule has 0 amide bonds. The van der Waals surface area contributed by atoms with Gasteiger partial charge in [-0.05, 0) is 37.5 Å². The van der Waals surface area contributed by atoms with E-state index in [2.05, 4.69) is 70.9 Å². The van der Waals surface area contributed by atoms with E-state index in [9.17, 15) is 0 Å². The van der Waals surface area contributed by atoms with Gasteiger partial charge in [0.1, 0.15) is 0 Å². The molecule has 0 radical (unpaired) electrons. The van der Waals surface area contributed by atoms with Crippen LogP contribution in [0.1, 0.15) is 30.4 Å². The number of aryl methyl sites for hydroxylation is 1. The number of hydrogen-bond donors (Lipinski definition) is 2. The molecule has 22 heavy (non-hydrogen) atoms. The van der Waals surface area contributed by atoms with Gasteiger partial charge in [-0.15, -0.1) is 0 Å². The smallest absolute Gasteiger partial charge is 0.0744 e. The monoisotopic (exact) mass is 317 g/mol. The molecule has 0 bridgehead atoms. The number of thioether (sulfide) groups is 1. The maximum Gasteiger partial charge on any atom is 0.0744 e. The van der Waals surface area contributed by atoms with Crippen LogP contribution in [0.15, 0.2) is 30.3 Å². The molecule has 1 aromatic rings. The maximum atomic E-state index is 3.42. The van der Waals surface area contributed by atoms with Gasteiger partial charge in [-0.25, -0.2) is 5.43 Å². The Morgan fingerprint density at radius 3 is 2.82 bits per heavy atom. The number of hydrogen-bond acceptors (Lipinski definition) is 4. The molecule has 0 saturated carbocycles. The third-order valence-corrected chi connectivity index (χ3v) is 5.82. The highest BCUT2D eigenvalue weighted by Gasteiger charge is 2.25. The van der Waals surface area contributed by atoms with Gasteiger partial charge in [0.15, 0.2) is 0 Å². The molecule has 2 heterocycles. The first kappa shape index (κ1) is 16.1. The molecule has 2 N–H and O–H groups in total. The Labute approximate surface area is 138 Å². The Morgan fingerprint density at radius 1 is 1.27 bits per heavy atom. The summed E-state index contributed by atoms with van der Waals surface area (Å²) < 4.78 is 0. The van der Waals surface area contributed by atoms with Crippen LogP contribution in [0.2, 0.25) is 0 Å². The largest absolute Gasteiger partial charge is 0.282 e. The van der Waals surface area contributed by atoms with E-state index in [0.717, 1.165) is 18.3 Å². The van der Waals surface area contributed by atoms with Gasteiger partial charge in [0, 0.05) is 24.9 Å². The lowest BCUT2D eigenvalue weighted by atomic mass is 10.1. The Balaban J connectivity index is 1.57. The predicted molar refractivity (Wildman–Crippen MR) is 96.8 cm³/mol. The normalized spacial score (nSPS) is 25.5. The fourth-order valence-corrected chi connectivity index (χ4v) is 4.42. The van der Waals surface area contributed by atoms with Gasteiger partial charge in [0.05, 0.1) is 6.17 Å². The highest BCUT2D eigenvalue weighted by molar-refractivity contribution is 8.00. The van der Waals surface area contributed by atoms with Gasteiger partial charge in [-0.3, -0.25) is 10.3 Å². The molecule has 2 unspecified atom stereocenters. The van der Waals surface area contributed by atoms with Crippen molar-refractivity contribution in [3.63, 3.8) is 0 Å². The second-order valence-electron chi connectivity index (χ2n) is 6.28. The molecule has 2 fully saturated rings. The first-order valence-electron chi connectivity index (χ1n) is 8.38. The number of benzene rings is 1. The molecule has 2 aliphatic rings. The van der Waals surface area contributed by atoms with E-state index >= 15 is 0 Å². The van der Waals surface area contributed by atoms with E-state index in [4.69, 9.17) is 0 Å². The van der Waals surface area contributed by atoms with Gasteiger partial charge in [-0.1, -0.05) is 42.0 Å². The van der Waals surface area contributed by atoms with Crippen LogP contribution in [0, 0.1) is 6.92 Å². The van der Waals surface area contributed by atoms with Gasteiger partial charge < -0.3 is 0 Å². The molecule has 2 aliphatic heterocycles. The Kier molecular flexibility index (Phi) is 5.96. The Morgan fingerprint density at radius 2 is 2.14 bits per heavy atom. The minimum absolute atomic E-state index is 0.476. The topological polar surface area (TPSA) is 27.3 Å². The van der Waals surface area contributed by atoms with Crippen molar-refractivity contribution in [2.45, 2.75) is 37.6 Å². The van der Waals surface area contributed by atoms with Crippen molar-refractivity contribution in [3.8, 4) is 0 Å². The summed E-state index contributed by atoms with van der Waals surface area (Å²) in [6.45, 7) is 5.42. The SMILES string of the molecule is Cc1ccc(C=CCN(CC2CCCS2)C2CCNN2)cc1. The summed E-state index contributed by atoms with van der Waals surface area (Å²) in [4.78, 5) is 2.59. The third kappa shape index (κ3) is 4.59. The van der Waals surface area contributed by atoms with E-state index < -0.39 is 0 Å². The number of nitrogens with zero attached hydrogens (tertiary/aromatic N) is 1. The first-order chi connectivity index (χ1) is 10.8. The second kappa shape index (κ2) is 8.16. The van der Waals surface area contributed by atoms with Crippen molar-refractivity contribution >= 4 is 17.8 Å². The molecule has 1 aromatic carbocycles. The summed E-state index contributed by atoms with van der Waals surface area (Å²) >= 11 is 2.15. The zero-order valence-corrected chi connectivity index (χ0v) is 14.2. The summed E-state index contributed by atoms with van der Waals surface area (Å²) in [6.07, 6.45) is 8.99. The van der Waals surface area contributed by atoms with E-state index in [1.165, 1.54) is 42.7 Å². The Bertz CT molecular complexity index is 474. The zero-order valence-electron chi connectivity index (χ0n) is 13.4. The number of nitrogens with one attached hydrogen (secondary N) is 2. The van der Waals surface area contributed by atoms with Crippen molar-refractivity contribution in [2.24, 2.45) is 0 Å². The first-order valence-corrected chi connectivity index (χ1v) is 9.43. The van der Waals surface area contributed by atoms with E-state index in [0.29, 0.717) is 6.17 Å². The molecule has 2 saturated heterocycles. The van der Waals surface area contributed by atoms with Crippen LogP contribution in [0.25, 0.3) is 6.08 Å². The van der Waals surface area contributed by atoms with Crippen LogP contribution in [-0.2, 0) is 0 Å². The molecule has 4 heteroatoms. The summed E-state index contributed by atoms with van der Waals surface area (Å²) in [5.41, 5.74) is 9.30. The molecule has 2 atom stereocenters. The van der Waals surface area contributed by atoms with Crippen molar-refractivity contribution in [3.05, 3.63) is 41.5 Å².